The van der Waals surface area contributed by atoms with Gasteiger partial charge >= 0.3 is 0 Å². The Balaban J connectivity index is 0.000000130. The zero-order chi connectivity index (χ0) is 38.1. The number of ketones is 1. The Morgan fingerprint density at radius 1 is 0.537 bits per heavy atom. The number of ether oxygens (including phenoxy) is 6. The molecule has 3 aliphatic carbocycles. The van der Waals surface area contributed by atoms with Crippen molar-refractivity contribution in [2.75, 3.05) is 39.6 Å². The number of carbonyl (C=O) groups is 1. The summed E-state index contributed by atoms with van der Waals surface area (Å²) in [5.41, 5.74) is -1.87. The molecular weight excluding hydrogens is 711 g/mol. The smallest absolute Gasteiger partial charge is 0.169 e. The summed E-state index contributed by atoms with van der Waals surface area (Å²) < 4.78 is 72.6. The fraction of sp³-hybridized carbons (Fsp3) is 0.590. The van der Waals surface area contributed by atoms with E-state index < -0.39 is 34.4 Å². The molecule has 0 radical (unpaired) electrons. The van der Waals surface area contributed by atoms with E-state index in [1.165, 1.54) is 43.0 Å². The van der Waals surface area contributed by atoms with Crippen molar-refractivity contribution in [2.24, 2.45) is 0 Å². The maximum atomic E-state index is 13.7. The highest BCUT2D eigenvalue weighted by Gasteiger charge is 2.48. The fourth-order valence-electron chi connectivity index (χ4n) is 7.68. The van der Waals surface area contributed by atoms with Crippen molar-refractivity contribution in [3.63, 3.8) is 0 Å². The van der Waals surface area contributed by atoms with E-state index in [0.29, 0.717) is 115 Å². The van der Waals surface area contributed by atoms with Crippen LogP contribution < -0.4 is 0 Å². The Kier molecular flexibility index (Phi) is 13.1. The van der Waals surface area contributed by atoms with Crippen molar-refractivity contribution in [1.29, 1.82) is 0 Å². The molecule has 9 rings (SSSR count). The lowest BCUT2D eigenvalue weighted by atomic mass is 9.77. The van der Waals surface area contributed by atoms with Gasteiger partial charge in [-0.3, -0.25) is 19.7 Å². The number of hydrogen-bond donors (Lipinski definition) is 2. The Labute approximate surface area is 312 Å². The van der Waals surface area contributed by atoms with Gasteiger partial charge in [0.15, 0.2) is 17.4 Å². The third kappa shape index (κ3) is 9.87. The number of Topliss-reactive ketones (excluding diaryl/α,β-unsaturated/α-hetero) is 1. The van der Waals surface area contributed by atoms with Crippen molar-refractivity contribution >= 4 is 5.78 Å². The minimum atomic E-state index is -1.20. The summed E-state index contributed by atoms with van der Waals surface area (Å²) in [6.07, 6.45) is 13.6. The number of carbonyl (C=O) groups excluding carboxylic acids is 1. The van der Waals surface area contributed by atoms with E-state index in [-0.39, 0.29) is 17.3 Å². The summed E-state index contributed by atoms with van der Waals surface area (Å²) in [5.74, 6) is -2.33. The second kappa shape index (κ2) is 17.6. The third-order valence-corrected chi connectivity index (χ3v) is 10.8. The molecule has 6 aliphatic rings. The summed E-state index contributed by atoms with van der Waals surface area (Å²) >= 11 is 0. The largest absolute Gasteiger partial charge is 0.385 e. The van der Waals surface area contributed by atoms with E-state index in [1.807, 2.05) is 0 Å². The maximum absolute atomic E-state index is 13.7. The minimum absolute atomic E-state index is 0.137. The first-order valence-electron chi connectivity index (χ1n) is 18.5. The van der Waals surface area contributed by atoms with E-state index >= 15 is 0 Å². The lowest BCUT2D eigenvalue weighted by molar-refractivity contribution is -0.205. The monoisotopic (exact) mass is 759 g/mol. The molecule has 54 heavy (non-hydrogen) atoms. The number of aromatic nitrogens is 3. The number of hydrogen-bond acceptors (Lipinski definition) is 12. The molecule has 3 aromatic rings. The zero-order valence-corrected chi connectivity index (χ0v) is 30.2. The molecule has 0 bridgehead atoms. The fourth-order valence-corrected chi connectivity index (χ4v) is 7.68. The van der Waals surface area contributed by atoms with E-state index in [9.17, 15) is 28.2 Å². The molecule has 0 amide bonds. The Morgan fingerprint density at radius 2 is 1.02 bits per heavy atom. The zero-order valence-electron chi connectivity index (χ0n) is 30.2. The van der Waals surface area contributed by atoms with E-state index in [4.69, 9.17) is 28.4 Å². The highest BCUT2D eigenvalue weighted by molar-refractivity contribution is 5.79. The molecule has 3 spiro atoms. The van der Waals surface area contributed by atoms with Gasteiger partial charge in [-0.1, -0.05) is 0 Å². The van der Waals surface area contributed by atoms with Crippen LogP contribution in [0.3, 0.4) is 0 Å². The molecule has 3 aromatic heterocycles. The van der Waals surface area contributed by atoms with Crippen molar-refractivity contribution < 1.29 is 56.6 Å². The van der Waals surface area contributed by atoms with E-state index in [0.717, 1.165) is 19.0 Å². The van der Waals surface area contributed by atoms with Crippen LogP contribution in [0.1, 0.15) is 88.3 Å². The van der Waals surface area contributed by atoms with Crippen molar-refractivity contribution in [3.8, 4) is 0 Å². The average Bonchev–Trinajstić information content (AvgIpc) is 3.97. The molecule has 0 aromatic carbocycles. The van der Waals surface area contributed by atoms with Crippen LogP contribution in [0, 0.1) is 17.5 Å². The molecule has 6 fully saturated rings. The SMILES string of the molecule is Fc1cccnc1.O=C1CCC2(CC1)OCCO2.OC1(c2ccncc2F)CCC2(CC1)OCCO2.OC1(c2ncccc2F)CCC2(CC1)OCCO2. The Hall–Kier alpha value is -3.41. The molecule has 2 N–H and O–H groups in total. The number of aliphatic hydroxyl groups is 2. The lowest BCUT2D eigenvalue weighted by Gasteiger charge is -2.40. The van der Waals surface area contributed by atoms with Crippen molar-refractivity contribution in [1.82, 2.24) is 15.0 Å². The summed E-state index contributed by atoms with van der Waals surface area (Å²) in [6.45, 7) is 3.76. The highest BCUT2D eigenvalue weighted by Crippen LogP contribution is 2.46. The molecule has 3 aliphatic heterocycles. The van der Waals surface area contributed by atoms with Crippen LogP contribution in [-0.4, -0.2) is 88.0 Å². The van der Waals surface area contributed by atoms with Crippen LogP contribution in [0.25, 0.3) is 0 Å². The van der Waals surface area contributed by atoms with Gasteiger partial charge in [-0.05, 0) is 56.0 Å². The molecule has 0 atom stereocenters. The second-order valence-electron chi connectivity index (χ2n) is 14.3. The number of halogens is 3. The minimum Gasteiger partial charge on any atom is -0.385 e. The number of rotatable bonds is 2. The predicted octanol–water partition coefficient (Wildman–Crippen LogP) is 5.54. The molecule has 3 saturated carbocycles. The standard InChI is InChI=1S/2C13H16FNO3.C8H12O3.C5H4FN/c14-11-9-15-6-1-10(11)12(16)2-4-13(5-3-12)17-7-8-18-13;14-10-2-1-7-15-11(10)12(16)3-5-13(6-4-12)17-8-9-18-13;9-7-1-3-8(4-2-7)10-5-6-11-8;6-5-2-1-3-7-4-5/h1,6,9,16H,2-5,7-8H2;1-2,7,16H,3-6,8-9H2;1-6H2;1-4H. The molecule has 0 unspecified atom stereocenters. The first kappa shape index (κ1) is 40.3. The van der Waals surface area contributed by atoms with Gasteiger partial charge in [0.1, 0.15) is 34.5 Å². The van der Waals surface area contributed by atoms with Crippen LogP contribution in [0.5, 0.6) is 0 Å². The molecule has 15 heteroatoms. The van der Waals surface area contributed by atoms with Gasteiger partial charge in [-0.15, -0.1) is 0 Å². The lowest BCUT2D eigenvalue weighted by Crippen LogP contribution is -2.42. The Bertz CT molecular complexity index is 1550. The van der Waals surface area contributed by atoms with Gasteiger partial charge in [0.25, 0.3) is 0 Å². The van der Waals surface area contributed by atoms with Gasteiger partial charge < -0.3 is 38.6 Å². The quantitative estimate of drug-likeness (QED) is 0.338. The van der Waals surface area contributed by atoms with E-state index in [2.05, 4.69) is 15.0 Å². The van der Waals surface area contributed by atoms with Gasteiger partial charge in [0.2, 0.25) is 0 Å². The van der Waals surface area contributed by atoms with Crippen molar-refractivity contribution in [3.05, 3.63) is 90.0 Å². The molecule has 294 valence electrons. The molecule has 3 saturated heterocycles. The van der Waals surface area contributed by atoms with Gasteiger partial charge in [0.05, 0.1) is 57.6 Å². The summed E-state index contributed by atoms with van der Waals surface area (Å²) in [5, 5.41) is 21.1. The molecule has 6 heterocycles. The van der Waals surface area contributed by atoms with Crippen LogP contribution in [-0.2, 0) is 44.4 Å². The first-order chi connectivity index (χ1) is 26.0. The van der Waals surface area contributed by atoms with Gasteiger partial charge in [0, 0.05) is 75.5 Å². The van der Waals surface area contributed by atoms with Gasteiger partial charge in [-0.2, -0.15) is 0 Å². The summed E-state index contributed by atoms with van der Waals surface area (Å²) in [4.78, 5) is 22.1. The Morgan fingerprint density at radius 3 is 1.46 bits per heavy atom. The molecular formula is C39H48F3N3O9. The first-order valence-corrected chi connectivity index (χ1v) is 18.5. The topological polar surface area (TPSA) is 152 Å². The van der Waals surface area contributed by atoms with Crippen LogP contribution in [0.4, 0.5) is 13.2 Å². The number of pyridine rings is 3. The summed E-state index contributed by atoms with van der Waals surface area (Å²) in [7, 11) is 0. The average molecular weight is 760 g/mol. The van der Waals surface area contributed by atoms with Crippen LogP contribution in [0.15, 0.2) is 61.3 Å². The van der Waals surface area contributed by atoms with Crippen LogP contribution >= 0.6 is 0 Å². The summed E-state index contributed by atoms with van der Waals surface area (Å²) in [6, 6.07) is 7.30. The highest BCUT2D eigenvalue weighted by atomic mass is 19.1. The second-order valence-corrected chi connectivity index (χ2v) is 14.3. The normalized spacial score (nSPS) is 25.9. The maximum Gasteiger partial charge on any atom is 0.169 e. The predicted molar refractivity (Wildman–Crippen MR) is 185 cm³/mol. The molecule has 12 nitrogen and oxygen atoms in total. The number of nitrogens with zero attached hydrogens (tertiary/aromatic N) is 3. The van der Waals surface area contributed by atoms with Gasteiger partial charge in [-0.25, -0.2) is 13.2 Å². The van der Waals surface area contributed by atoms with E-state index in [1.54, 1.807) is 12.1 Å². The third-order valence-electron chi connectivity index (χ3n) is 10.8. The van der Waals surface area contributed by atoms with Crippen molar-refractivity contribution in [2.45, 2.75) is 106 Å². The van der Waals surface area contributed by atoms with Crippen LogP contribution in [0.2, 0.25) is 0 Å².